The number of allylic oxidation sites excluding steroid dienone is 1. The molecule has 0 radical (unpaired) electrons. The average Bonchev–Trinajstić information content (AvgIpc) is 3.23. The van der Waals surface area contributed by atoms with Crippen molar-refractivity contribution in [3.63, 3.8) is 0 Å². The van der Waals surface area contributed by atoms with Crippen LogP contribution in [0.4, 0.5) is 0 Å². The van der Waals surface area contributed by atoms with Gasteiger partial charge in [-0.15, -0.1) is 0 Å². The van der Waals surface area contributed by atoms with Crippen LogP contribution in [-0.4, -0.2) is 25.0 Å². The molecule has 3 saturated carbocycles. The van der Waals surface area contributed by atoms with Crippen LogP contribution in [0.25, 0.3) is 0 Å². The minimum Gasteiger partial charge on any atom is -0.472 e. The first-order chi connectivity index (χ1) is 15.1. The molecule has 1 heterocycles. The van der Waals surface area contributed by atoms with Gasteiger partial charge in [0, 0.05) is 20.3 Å². The third-order valence-electron chi connectivity index (χ3n) is 9.93. The van der Waals surface area contributed by atoms with Crippen molar-refractivity contribution in [1.29, 1.82) is 0 Å². The molecule has 4 rings (SSSR count). The standard InChI is InChI=1S/C28H45N3O/c1-26(2)14-7-15-28(4)23(26)12-16-27(3)22(10-8-20-13-17-32-19-20)21(9-11-24(27)28)18-30-25(29)31(5)6/h13,17-19,22-24H,7-12,14-16H2,1-6H3,(H2,29,30)/b21-18+/t22-,23-,24-,27-,28+/m1/s1. The van der Waals surface area contributed by atoms with E-state index in [-0.39, 0.29) is 0 Å². The second-order valence-electron chi connectivity index (χ2n) is 12.3. The zero-order chi connectivity index (χ0) is 23.1. The Bertz CT molecular complexity index is 852. The first-order valence-electron chi connectivity index (χ1n) is 12.8. The van der Waals surface area contributed by atoms with Gasteiger partial charge in [-0.25, -0.2) is 4.99 Å². The number of aryl methyl sites for hydroxylation is 1. The van der Waals surface area contributed by atoms with Gasteiger partial charge >= 0.3 is 0 Å². The largest absolute Gasteiger partial charge is 0.472 e. The van der Waals surface area contributed by atoms with Gasteiger partial charge in [0.1, 0.15) is 0 Å². The fourth-order valence-corrected chi connectivity index (χ4v) is 8.35. The number of rotatable bonds is 4. The quantitative estimate of drug-likeness (QED) is 0.423. The van der Waals surface area contributed by atoms with Crippen LogP contribution >= 0.6 is 0 Å². The number of nitrogens with two attached hydrogens (primary N) is 1. The molecule has 1 aromatic heterocycles. The zero-order valence-electron chi connectivity index (χ0n) is 21.3. The van der Waals surface area contributed by atoms with Crippen molar-refractivity contribution < 1.29 is 4.42 Å². The Labute approximate surface area is 195 Å². The third-order valence-corrected chi connectivity index (χ3v) is 9.93. The van der Waals surface area contributed by atoms with E-state index in [0.717, 1.165) is 24.7 Å². The van der Waals surface area contributed by atoms with E-state index in [4.69, 9.17) is 10.2 Å². The predicted octanol–water partition coefficient (Wildman–Crippen LogP) is 6.63. The molecule has 3 aliphatic carbocycles. The van der Waals surface area contributed by atoms with Crippen LogP contribution in [0.3, 0.4) is 0 Å². The topological polar surface area (TPSA) is 54.8 Å². The molecular weight excluding hydrogens is 394 g/mol. The molecule has 0 unspecified atom stereocenters. The Balaban J connectivity index is 1.68. The summed E-state index contributed by atoms with van der Waals surface area (Å²) < 4.78 is 5.37. The molecule has 0 aromatic carbocycles. The first-order valence-corrected chi connectivity index (χ1v) is 12.8. The lowest BCUT2D eigenvalue weighted by Crippen LogP contribution is -2.58. The van der Waals surface area contributed by atoms with E-state index in [1.165, 1.54) is 56.1 Å². The second kappa shape index (κ2) is 8.57. The Kier molecular flexibility index (Phi) is 6.28. The highest BCUT2D eigenvalue weighted by Crippen LogP contribution is 2.69. The number of nitrogens with zero attached hydrogens (tertiary/aromatic N) is 2. The van der Waals surface area contributed by atoms with Crippen LogP contribution in [0, 0.1) is 34.0 Å². The molecule has 4 nitrogen and oxygen atoms in total. The van der Waals surface area contributed by atoms with Crippen LogP contribution in [0.5, 0.6) is 0 Å². The van der Waals surface area contributed by atoms with Crippen molar-refractivity contribution in [3.05, 3.63) is 35.9 Å². The molecule has 2 N–H and O–H groups in total. The summed E-state index contributed by atoms with van der Waals surface area (Å²) in [6, 6.07) is 2.12. The van der Waals surface area contributed by atoms with Crippen LogP contribution in [0.15, 0.2) is 39.8 Å². The van der Waals surface area contributed by atoms with Crippen LogP contribution in [0.2, 0.25) is 0 Å². The Morgan fingerprint density at radius 1 is 1.12 bits per heavy atom. The number of hydrogen-bond donors (Lipinski definition) is 1. The van der Waals surface area contributed by atoms with E-state index in [0.29, 0.717) is 28.1 Å². The third kappa shape index (κ3) is 4.03. The van der Waals surface area contributed by atoms with E-state index in [9.17, 15) is 0 Å². The molecule has 4 heteroatoms. The normalized spacial score (nSPS) is 38.2. The van der Waals surface area contributed by atoms with Gasteiger partial charge in [0.15, 0.2) is 5.96 Å². The summed E-state index contributed by atoms with van der Waals surface area (Å²) in [5.74, 6) is 2.78. The first kappa shape index (κ1) is 23.4. The van der Waals surface area contributed by atoms with Crippen molar-refractivity contribution >= 4 is 5.96 Å². The minimum absolute atomic E-state index is 0.328. The Hall–Kier alpha value is -1.71. The molecule has 3 aliphatic rings. The molecule has 0 spiro atoms. The van der Waals surface area contributed by atoms with Gasteiger partial charge in [-0.1, -0.05) is 34.1 Å². The summed E-state index contributed by atoms with van der Waals surface area (Å²) in [5.41, 5.74) is 10.2. The van der Waals surface area contributed by atoms with Gasteiger partial charge in [-0.3, -0.25) is 0 Å². The molecule has 178 valence electrons. The van der Waals surface area contributed by atoms with Crippen molar-refractivity contribution in [1.82, 2.24) is 4.90 Å². The van der Waals surface area contributed by atoms with E-state index < -0.39 is 0 Å². The monoisotopic (exact) mass is 439 g/mol. The van der Waals surface area contributed by atoms with Gasteiger partial charge in [-0.2, -0.15) is 0 Å². The molecule has 32 heavy (non-hydrogen) atoms. The van der Waals surface area contributed by atoms with Crippen molar-refractivity contribution in [2.75, 3.05) is 14.1 Å². The molecule has 0 amide bonds. The number of furan rings is 1. The van der Waals surface area contributed by atoms with E-state index in [1.807, 2.05) is 25.3 Å². The number of guanidine groups is 1. The maximum atomic E-state index is 6.15. The van der Waals surface area contributed by atoms with Gasteiger partial charge in [0.2, 0.25) is 0 Å². The molecule has 1 aromatic rings. The number of hydrogen-bond acceptors (Lipinski definition) is 2. The predicted molar refractivity (Wildman–Crippen MR) is 133 cm³/mol. The van der Waals surface area contributed by atoms with Gasteiger partial charge in [0.25, 0.3) is 0 Å². The lowest BCUT2D eigenvalue weighted by Gasteiger charge is -2.66. The highest BCUT2D eigenvalue weighted by atomic mass is 16.3. The SMILES string of the molecule is CN(C)C(N)=N/C=C1\CC[C@@H]2[C@](C)(CC[C@@H]3C(C)(C)CCC[C@]23C)[C@@H]1CCc1ccoc1. The molecule has 0 bridgehead atoms. The Morgan fingerprint density at radius 2 is 1.91 bits per heavy atom. The highest BCUT2D eigenvalue weighted by Gasteiger charge is 2.61. The summed E-state index contributed by atoms with van der Waals surface area (Å²) >= 11 is 0. The minimum atomic E-state index is 0.328. The van der Waals surface area contributed by atoms with Gasteiger partial charge in [0.05, 0.1) is 12.5 Å². The highest BCUT2D eigenvalue weighted by molar-refractivity contribution is 5.78. The molecule has 3 fully saturated rings. The summed E-state index contributed by atoms with van der Waals surface area (Å²) in [7, 11) is 3.91. The van der Waals surface area contributed by atoms with Crippen molar-refractivity contribution in [2.24, 2.45) is 44.7 Å². The maximum Gasteiger partial charge on any atom is 0.195 e. The van der Waals surface area contributed by atoms with E-state index >= 15 is 0 Å². The van der Waals surface area contributed by atoms with E-state index in [1.54, 1.807) is 6.26 Å². The van der Waals surface area contributed by atoms with Crippen LogP contribution in [-0.2, 0) is 6.42 Å². The molecular formula is C28H45N3O. The fourth-order valence-electron chi connectivity index (χ4n) is 8.35. The summed E-state index contributed by atoms with van der Waals surface area (Å²) in [6.45, 7) is 10.4. The summed E-state index contributed by atoms with van der Waals surface area (Å²) in [6.07, 6.45) is 17.4. The zero-order valence-corrected chi connectivity index (χ0v) is 21.3. The molecule has 5 atom stereocenters. The summed E-state index contributed by atoms with van der Waals surface area (Å²) in [4.78, 5) is 6.56. The number of aliphatic imine (C=N–C) groups is 1. The molecule has 0 saturated heterocycles. The van der Waals surface area contributed by atoms with Gasteiger partial charge in [-0.05, 0) is 103 Å². The van der Waals surface area contributed by atoms with Crippen molar-refractivity contribution in [2.45, 2.75) is 85.5 Å². The maximum absolute atomic E-state index is 6.15. The molecule has 0 aliphatic heterocycles. The van der Waals surface area contributed by atoms with E-state index in [2.05, 4.69) is 45.0 Å². The fraction of sp³-hybridized carbons (Fsp3) is 0.750. The Morgan fingerprint density at radius 3 is 2.59 bits per heavy atom. The summed E-state index contributed by atoms with van der Waals surface area (Å²) in [5, 5.41) is 0. The van der Waals surface area contributed by atoms with Gasteiger partial charge < -0.3 is 15.1 Å². The lowest BCUT2D eigenvalue weighted by molar-refractivity contribution is -0.153. The smallest absolute Gasteiger partial charge is 0.195 e. The number of fused-ring (bicyclic) bond motifs is 3. The van der Waals surface area contributed by atoms with Crippen LogP contribution < -0.4 is 5.73 Å². The van der Waals surface area contributed by atoms with Crippen molar-refractivity contribution in [3.8, 4) is 0 Å². The average molecular weight is 440 g/mol. The van der Waals surface area contributed by atoms with Crippen LogP contribution in [0.1, 0.15) is 84.6 Å². The lowest BCUT2D eigenvalue weighted by atomic mass is 9.39. The second-order valence-corrected chi connectivity index (χ2v) is 12.3.